The van der Waals surface area contributed by atoms with E-state index in [2.05, 4.69) is 26.0 Å². The van der Waals surface area contributed by atoms with Crippen LogP contribution in [0, 0.1) is 0 Å². The molecule has 2 aromatic rings. The van der Waals surface area contributed by atoms with E-state index in [-0.39, 0.29) is 4.90 Å². The Morgan fingerprint density at radius 1 is 1.12 bits per heavy atom. The van der Waals surface area contributed by atoms with E-state index in [9.17, 15) is 13.2 Å². The van der Waals surface area contributed by atoms with Crippen LogP contribution in [-0.2, 0) is 21.2 Å². The molecule has 1 atom stereocenters. The summed E-state index contributed by atoms with van der Waals surface area (Å²) in [5, 5.41) is 2.77. The monoisotopic (exact) mass is 410 g/mol. The Bertz CT molecular complexity index is 820. The van der Waals surface area contributed by atoms with Crippen molar-refractivity contribution < 1.29 is 13.2 Å². The van der Waals surface area contributed by atoms with E-state index in [1.165, 1.54) is 19.1 Å². The molecule has 0 radical (unpaired) electrons. The van der Waals surface area contributed by atoms with Gasteiger partial charge in [-0.2, -0.15) is 4.72 Å². The maximum atomic E-state index is 12.3. The van der Waals surface area contributed by atoms with Crippen molar-refractivity contribution in [3.8, 4) is 0 Å². The molecule has 1 amide bonds. The first-order valence-corrected chi connectivity index (χ1v) is 9.77. The van der Waals surface area contributed by atoms with Gasteiger partial charge in [0.25, 0.3) is 0 Å². The van der Waals surface area contributed by atoms with Gasteiger partial charge in [-0.15, -0.1) is 0 Å². The average Bonchev–Trinajstić information content (AvgIpc) is 2.55. The van der Waals surface area contributed by atoms with Gasteiger partial charge in [0.2, 0.25) is 15.9 Å². The first-order valence-electron chi connectivity index (χ1n) is 7.50. The van der Waals surface area contributed by atoms with Crippen molar-refractivity contribution >= 4 is 37.5 Å². The molecule has 0 bridgehead atoms. The molecule has 128 valence electrons. The smallest absolute Gasteiger partial charge is 0.242 e. The normalized spacial score (nSPS) is 12.6. The number of benzene rings is 2. The molecular weight excluding hydrogens is 392 g/mol. The number of carbonyl (C=O) groups is 1. The Morgan fingerprint density at radius 2 is 1.75 bits per heavy atom. The molecule has 0 spiro atoms. The van der Waals surface area contributed by atoms with Crippen LogP contribution in [0.4, 0.5) is 5.69 Å². The molecule has 0 unspecified atom stereocenters. The molecule has 0 aliphatic heterocycles. The Labute approximate surface area is 150 Å². The maximum absolute atomic E-state index is 12.3. The number of anilines is 1. The van der Waals surface area contributed by atoms with Crippen LogP contribution < -0.4 is 10.0 Å². The summed E-state index contributed by atoms with van der Waals surface area (Å²) in [4.78, 5) is 12.4. The average molecular weight is 411 g/mol. The van der Waals surface area contributed by atoms with E-state index in [0.717, 1.165) is 16.5 Å². The zero-order chi connectivity index (χ0) is 17.7. The number of halogens is 1. The number of nitrogens with one attached hydrogen (secondary N) is 2. The first-order chi connectivity index (χ1) is 11.3. The third-order valence-electron chi connectivity index (χ3n) is 3.51. The summed E-state index contributed by atoms with van der Waals surface area (Å²) >= 11 is 3.26. The third kappa shape index (κ3) is 4.66. The molecule has 2 N–H and O–H groups in total. The van der Waals surface area contributed by atoms with Crippen molar-refractivity contribution in [1.82, 2.24) is 4.72 Å². The summed E-state index contributed by atoms with van der Waals surface area (Å²) < 4.78 is 27.8. The molecule has 2 rings (SSSR count). The van der Waals surface area contributed by atoms with Crippen LogP contribution in [-0.4, -0.2) is 20.4 Å². The fourth-order valence-electron chi connectivity index (χ4n) is 2.16. The van der Waals surface area contributed by atoms with Gasteiger partial charge in [-0.3, -0.25) is 4.79 Å². The molecule has 2 aromatic carbocycles. The minimum absolute atomic E-state index is 0.110. The van der Waals surface area contributed by atoms with Crippen LogP contribution in [0.1, 0.15) is 19.4 Å². The molecule has 0 aromatic heterocycles. The second-order valence-electron chi connectivity index (χ2n) is 5.30. The zero-order valence-corrected chi connectivity index (χ0v) is 15.8. The highest BCUT2D eigenvalue weighted by Gasteiger charge is 2.22. The van der Waals surface area contributed by atoms with Crippen LogP contribution in [0.25, 0.3) is 0 Å². The largest absolute Gasteiger partial charge is 0.324 e. The van der Waals surface area contributed by atoms with Gasteiger partial charge in [0.15, 0.2) is 0 Å². The van der Waals surface area contributed by atoms with E-state index in [1.807, 2.05) is 25.1 Å². The van der Waals surface area contributed by atoms with Gasteiger partial charge in [-0.05, 0) is 49.2 Å². The molecule has 0 saturated carbocycles. The molecule has 24 heavy (non-hydrogen) atoms. The SMILES string of the molecule is CCc1ccccc1NC(=O)[C@@H](C)NS(=O)(=O)c1ccc(Br)cc1. The maximum Gasteiger partial charge on any atom is 0.242 e. The van der Waals surface area contributed by atoms with E-state index >= 15 is 0 Å². The highest BCUT2D eigenvalue weighted by Crippen LogP contribution is 2.17. The number of rotatable bonds is 6. The molecular formula is C17H19BrN2O3S. The second-order valence-corrected chi connectivity index (χ2v) is 7.93. The van der Waals surface area contributed by atoms with Crippen molar-refractivity contribution in [3.05, 3.63) is 58.6 Å². The van der Waals surface area contributed by atoms with Crippen LogP contribution in [0.5, 0.6) is 0 Å². The molecule has 0 aliphatic rings. The number of amides is 1. The van der Waals surface area contributed by atoms with Crippen molar-refractivity contribution in [2.24, 2.45) is 0 Å². The fraction of sp³-hybridized carbons (Fsp3) is 0.235. The molecule has 5 nitrogen and oxygen atoms in total. The summed E-state index contributed by atoms with van der Waals surface area (Å²) in [5.41, 5.74) is 1.69. The Morgan fingerprint density at radius 3 is 2.38 bits per heavy atom. The molecule has 0 aliphatic carbocycles. The van der Waals surface area contributed by atoms with E-state index in [0.29, 0.717) is 5.69 Å². The van der Waals surface area contributed by atoms with E-state index in [4.69, 9.17) is 0 Å². The summed E-state index contributed by atoms with van der Waals surface area (Å²) in [6.45, 7) is 3.50. The summed E-state index contributed by atoms with van der Waals surface area (Å²) in [6, 6.07) is 12.8. The lowest BCUT2D eigenvalue weighted by Gasteiger charge is -2.16. The van der Waals surface area contributed by atoms with Crippen molar-refractivity contribution in [3.63, 3.8) is 0 Å². The van der Waals surface area contributed by atoms with E-state index in [1.54, 1.807) is 18.2 Å². The lowest BCUT2D eigenvalue weighted by molar-refractivity contribution is -0.117. The quantitative estimate of drug-likeness (QED) is 0.766. The van der Waals surface area contributed by atoms with Crippen molar-refractivity contribution in [1.29, 1.82) is 0 Å². The minimum atomic E-state index is -3.76. The van der Waals surface area contributed by atoms with Gasteiger partial charge in [0, 0.05) is 10.2 Å². The molecule has 0 saturated heterocycles. The van der Waals surface area contributed by atoms with E-state index < -0.39 is 22.0 Å². The van der Waals surface area contributed by atoms with Gasteiger partial charge >= 0.3 is 0 Å². The van der Waals surface area contributed by atoms with Gasteiger partial charge in [-0.1, -0.05) is 41.1 Å². The number of hydrogen-bond acceptors (Lipinski definition) is 3. The lowest BCUT2D eigenvalue weighted by Crippen LogP contribution is -2.41. The van der Waals surface area contributed by atoms with Crippen LogP contribution in [0.15, 0.2) is 57.9 Å². The summed E-state index contributed by atoms with van der Waals surface area (Å²) in [5.74, 6) is -0.406. The topological polar surface area (TPSA) is 75.3 Å². The minimum Gasteiger partial charge on any atom is -0.324 e. The number of hydrogen-bond donors (Lipinski definition) is 2. The zero-order valence-electron chi connectivity index (χ0n) is 13.4. The summed E-state index contributed by atoms with van der Waals surface area (Å²) in [6.07, 6.45) is 0.773. The van der Waals surface area contributed by atoms with Gasteiger partial charge in [0.1, 0.15) is 0 Å². The standard InChI is InChI=1S/C17H19BrN2O3S/c1-3-13-6-4-5-7-16(13)19-17(21)12(2)20-24(22,23)15-10-8-14(18)9-11-15/h4-12,20H,3H2,1-2H3,(H,19,21)/t12-/m1/s1. The Hall–Kier alpha value is -1.70. The number of carbonyl (C=O) groups excluding carboxylic acids is 1. The lowest BCUT2D eigenvalue weighted by atomic mass is 10.1. The number of aryl methyl sites for hydroxylation is 1. The van der Waals surface area contributed by atoms with Crippen molar-refractivity contribution in [2.75, 3.05) is 5.32 Å². The number of para-hydroxylation sites is 1. The van der Waals surface area contributed by atoms with Crippen molar-refractivity contribution in [2.45, 2.75) is 31.2 Å². The van der Waals surface area contributed by atoms with Crippen LogP contribution >= 0.6 is 15.9 Å². The van der Waals surface area contributed by atoms with Crippen LogP contribution in [0.2, 0.25) is 0 Å². The van der Waals surface area contributed by atoms with Gasteiger partial charge in [-0.25, -0.2) is 8.42 Å². The Kier molecular flexibility index (Phi) is 6.15. The Balaban J connectivity index is 2.09. The highest BCUT2D eigenvalue weighted by atomic mass is 79.9. The second kappa shape index (κ2) is 7.92. The molecule has 7 heteroatoms. The van der Waals surface area contributed by atoms with Gasteiger partial charge in [0.05, 0.1) is 10.9 Å². The first kappa shape index (κ1) is 18.6. The highest BCUT2D eigenvalue weighted by molar-refractivity contribution is 9.10. The fourth-order valence-corrected chi connectivity index (χ4v) is 3.63. The number of sulfonamides is 1. The van der Waals surface area contributed by atoms with Crippen LogP contribution in [0.3, 0.4) is 0 Å². The third-order valence-corrected chi connectivity index (χ3v) is 5.59. The summed E-state index contributed by atoms with van der Waals surface area (Å²) in [7, 11) is -3.76. The predicted molar refractivity (Wildman–Crippen MR) is 98.4 cm³/mol. The predicted octanol–water partition coefficient (Wildman–Crippen LogP) is 3.32. The molecule has 0 heterocycles. The molecule has 0 fully saturated rings. The van der Waals surface area contributed by atoms with Gasteiger partial charge < -0.3 is 5.32 Å².